The normalized spacial score (nSPS) is 17.0. The van der Waals surface area contributed by atoms with E-state index in [4.69, 9.17) is 0 Å². The number of aliphatic hydroxyl groups is 1. The van der Waals surface area contributed by atoms with Gasteiger partial charge in [0.2, 0.25) is 0 Å². The molecule has 1 aliphatic heterocycles. The topological polar surface area (TPSA) is 47.5 Å². The van der Waals surface area contributed by atoms with Crippen LogP contribution in [0.4, 0.5) is 5.69 Å². The SMILES string of the molecule is CC(C)(CO)[C@H](c1ccc(NCc2ccccc2)cc1)N1CCNCC1. The molecule has 0 spiro atoms. The van der Waals surface area contributed by atoms with Crippen molar-refractivity contribution < 1.29 is 5.11 Å². The van der Waals surface area contributed by atoms with Crippen LogP contribution in [0.25, 0.3) is 0 Å². The van der Waals surface area contributed by atoms with Crippen molar-refractivity contribution in [3.05, 3.63) is 65.7 Å². The summed E-state index contributed by atoms with van der Waals surface area (Å²) in [5.74, 6) is 0. The van der Waals surface area contributed by atoms with E-state index >= 15 is 0 Å². The maximum absolute atomic E-state index is 9.97. The highest BCUT2D eigenvalue weighted by Crippen LogP contribution is 2.38. The van der Waals surface area contributed by atoms with Gasteiger partial charge in [-0.25, -0.2) is 0 Å². The van der Waals surface area contributed by atoms with Crippen LogP contribution in [-0.2, 0) is 6.54 Å². The van der Waals surface area contributed by atoms with E-state index in [1.807, 2.05) is 6.07 Å². The van der Waals surface area contributed by atoms with Crippen LogP contribution < -0.4 is 10.6 Å². The van der Waals surface area contributed by atoms with Crippen molar-refractivity contribution in [3.8, 4) is 0 Å². The zero-order valence-electron chi connectivity index (χ0n) is 15.9. The van der Waals surface area contributed by atoms with E-state index in [1.54, 1.807) is 0 Å². The van der Waals surface area contributed by atoms with Gasteiger partial charge < -0.3 is 15.7 Å². The predicted molar refractivity (Wildman–Crippen MR) is 108 cm³/mol. The van der Waals surface area contributed by atoms with E-state index in [0.717, 1.165) is 38.4 Å². The lowest BCUT2D eigenvalue weighted by Crippen LogP contribution is -2.49. The third-order valence-electron chi connectivity index (χ3n) is 5.23. The fourth-order valence-corrected chi connectivity index (χ4v) is 3.77. The van der Waals surface area contributed by atoms with Gasteiger partial charge in [-0.15, -0.1) is 0 Å². The van der Waals surface area contributed by atoms with Crippen LogP contribution in [0, 0.1) is 5.41 Å². The van der Waals surface area contributed by atoms with Gasteiger partial charge >= 0.3 is 0 Å². The standard InChI is InChI=1S/C22H31N3O/c1-22(2,17-26)21(25-14-12-23-13-15-25)19-8-10-20(11-9-19)24-16-18-6-4-3-5-7-18/h3-11,21,23-24,26H,12-17H2,1-2H3/t21-/m0/s1. The quantitative estimate of drug-likeness (QED) is 0.715. The smallest absolute Gasteiger partial charge is 0.0500 e. The Morgan fingerprint density at radius 2 is 1.69 bits per heavy atom. The molecule has 3 rings (SSSR count). The summed E-state index contributed by atoms with van der Waals surface area (Å²) in [6, 6.07) is 19.4. The van der Waals surface area contributed by atoms with Crippen LogP contribution in [-0.4, -0.2) is 42.8 Å². The Labute approximate surface area is 157 Å². The molecule has 1 fully saturated rings. The van der Waals surface area contributed by atoms with E-state index < -0.39 is 0 Å². The molecule has 1 aliphatic rings. The lowest BCUT2D eigenvalue weighted by Gasteiger charge is -2.43. The molecule has 0 amide bonds. The van der Waals surface area contributed by atoms with E-state index in [2.05, 4.69) is 77.9 Å². The minimum atomic E-state index is -0.184. The first-order chi connectivity index (χ1) is 12.6. The molecule has 3 N–H and O–H groups in total. The van der Waals surface area contributed by atoms with E-state index in [0.29, 0.717) is 0 Å². The van der Waals surface area contributed by atoms with E-state index in [9.17, 15) is 5.11 Å². The molecule has 26 heavy (non-hydrogen) atoms. The van der Waals surface area contributed by atoms with E-state index in [-0.39, 0.29) is 18.1 Å². The van der Waals surface area contributed by atoms with Gasteiger partial charge in [-0.2, -0.15) is 0 Å². The number of hydrogen-bond donors (Lipinski definition) is 3. The summed E-state index contributed by atoms with van der Waals surface area (Å²) in [5.41, 5.74) is 3.49. The van der Waals surface area contributed by atoms with Gasteiger partial charge in [0.05, 0.1) is 0 Å². The summed E-state index contributed by atoms with van der Waals surface area (Å²) in [5, 5.41) is 16.9. The summed E-state index contributed by atoms with van der Waals surface area (Å²) in [6.07, 6.45) is 0. The third-order valence-corrected chi connectivity index (χ3v) is 5.23. The zero-order valence-corrected chi connectivity index (χ0v) is 15.9. The van der Waals surface area contributed by atoms with Crippen molar-refractivity contribution in [2.24, 2.45) is 5.41 Å². The molecule has 140 valence electrons. The predicted octanol–water partition coefficient (Wildman–Crippen LogP) is 3.26. The minimum absolute atomic E-state index is 0.176. The lowest BCUT2D eigenvalue weighted by molar-refractivity contribution is 0.0305. The molecule has 0 aromatic heterocycles. The molecule has 0 unspecified atom stereocenters. The molecule has 2 aromatic carbocycles. The first-order valence-corrected chi connectivity index (χ1v) is 9.53. The van der Waals surface area contributed by atoms with Gasteiger partial charge in [0, 0.05) is 56.5 Å². The van der Waals surface area contributed by atoms with Crippen molar-refractivity contribution in [2.75, 3.05) is 38.1 Å². The number of aliphatic hydroxyl groups excluding tert-OH is 1. The molecule has 0 bridgehead atoms. The Balaban J connectivity index is 1.73. The molecule has 4 heteroatoms. The van der Waals surface area contributed by atoms with Gasteiger partial charge in [0.15, 0.2) is 0 Å². The van der Waals surface area contributed by atoms with Crippen LogP contribution in [0.3, 0.4) is 0 Å². The van der Waals surface area contributed by atoms with Gasteiger partial charge in [-0.05, 0) is 23.3 Å². The number of nitrogens with one attached hydrogen (secondary N) is 2. The van der Waals surface area contributed by atoms with Crippen molar-refractivity contribution >= 4 is 5.69 Å². The van der Waals surface area contributed by atoms with Crippen LogP contribution in [0.5, 0.6) is 0 Å². The highest BCUT2D eigenvalue weighted by Gasteiger charge is 2.35. The second-order valence-corrected chi connectivity index (χ2v) is 7.80. The van der Waals surface area contributed by atoms with Gasteiger partial charge in [0.25, 0.3) is 0 Å². The van der Waals surface area contributed by atoms with Gasteiger partial charge in [-0.3, -0.25) is 4.90 Å². The molecule has 1 heterocycles. The number of piperazine rings is 1. The highest BCUT2D eigenvalue weighted by atomic mass is 16.3. The van der Waals surface area contributed by atoms with Crippen molar-refractivity contribution in [1.82, 2.24) is 10.2 Å². The Kier molecular flexibility index (Phi) is 6.30. The summed E-state index contributed by atoms with van der Waals surface area (Å²) in [6.45, 7) is 9.36. The summed E-state index contributed by atoms with van der Waals surface area (Å²) >= 11 is 0. The second-order valence-electron chi connectivity index (χ2n) is 7.80. The molecule has 4 nitrogen and oxygen atoms in total. The lowest BCUT2D eigenvalue weighted by atomic mass is 9.79. The number of hydrogen-bond acceptors (Lipinski definition) is 4. The number of benzene rings is 2. The fraction of sp³-hybridized carbons (Fsp3) is 0.455. The van der Waals surface area contributed by atoms with Crippen LogP contribution in [0.2, 0.25) is 0 Å². The molecular formula is C22H31N3O. The second kappa shape index (κ2) is 8.67. The summed E-state index contributed by atoms with van der Waals surface area (Å²) in [7, 11) is 0. The molecule has 0 aliphatic carbocycles. The van der Waals surface area contributed by atoms with Crippen LogP contribution in [0.15, 0.2) is 54.6 Å². The molecular weight excluding hydrogens is 322 g/mol. The monoisotopic (exact) mass is 353 g/mol. The Hall–Kier alpha value is -1.88. The highest BCUT2D eigenvalue weighted by molar-refractivity contribution is 5.46. The number of nitrogens with zero attached hydrogens (tertiary/aromatic N) is 1. The van der Waals surface area contributed by atoms with Crippen molar-refractivity contribution in [1.29, 1.82) is 0 Å². The zero-order chi connectivity index (χ0) is 18.4. The Morgan fingerprint density at radius 1 is 1.04 bits per heavy atom. The molecule has 1 atom stereocenters. The Morgan fingerprint density at radius 3 is 2.31 bits per heavy atom. The Bertz CT molecular complexity index is 664. The molecule has 1 saturated heterocycles. The maximum Gasteiger partial charge on any atom is 0.0500 e. The van der Waals surface area contributed by atoms with E-state index in [1.165, 1.54) is 11.1 Å². The van der Waals surface area contributed by atoms with Crippen molar-refractivity contribution in [3.63, 3.8) is 0 Å². The van der Waals surface area contributed by atoms with Crippen LogP contribution in [0.1, 0.15) is 31.0 Å². The minimum Gasteiger partial charge on any atom is -0.396 e. The number of anilines is 1. The largest absolute Gasteiger partial charge is 0.396 e. The summed E-state index contributed by atoms with van der Waals surface area (Å²) < 4.78 is 0. The average molecular weight is 354 g/mol. The number of rotatable bonds is 7. The summed E-state index contributed by atoms with van der Waals surface area (Å²) in [4.78, 5) is 2.50. The average Bonchev–Trinajstić information content (AvgIpc) is 2.69. The fourth-order valence-electron chi connectivity index (χ4n) is 3.77. The molecule has 0 saturated carbocycles. The molecule has 0 radical (unpaired) electrons. The van der Waals surface area contributed by atoms with Gasteiger partial charge in [-0.1, -0.05) is 56.3 Å². The third kappa shape index (κ3) is 4.64. The first-order valence-electron chi connectivity index (χ1n) is 9.53. The maximum atomic E-state index is 9.97. The van der Waals surface area contributed by atoms with Gasteiger partial charge in [0.1, 0.15) is 0 Å². The van der Waals surface area contributed by atoms with Crippen molar-refractivity contribution in [2.45, 2.75) is 26.4 Å². The first kappa shape index (κ1) is 18.9. The van der Waals surface area contributed by atoms with Crippen LogP contribution >= 0.6 is 0 Å². The molecule has 2 aromatic rings.